The number of hydrogen-bond acceptors (Lipinski definition) is 0. The molecular formula is C18H28. The molecule has 0 nitrogen and oxygen atoms in total. The van der Waals surface area contributed by atoms with Crippen molar-refractivity contribution in [2.45, 2.75) is 58.8 Å². The average Bonchev–Trinajstić information content (AvgIpc) is 2.42. The maximum Gasteiger partial charge on any atom is -0.0250 e. The smallest absolute Gasteiger partial charge is 0.0250 e. The van der Waals surface area contributed by atoms with Crippen molar-refractivity contribution in [2.24, 2.45) is 5.92 Å². The van der Waals surface area contributed by atoms with Gasteiger partial charge < -0.3 is 0 Å². The van der Waals surface area contributed by atoms with Crippen molar-refractivity contribution in [3.05, 3.63) is 42.0 Å². The Bertz CT molecular complexity index is 312. The van der Waals surface area contributed by atoms with Gasteiger partial charge in [0.05, 0.1) is 0 Å². The Kier molecular flexibility index (Phi) is 7.48. The highest BCUT2D eigenvalue weighted by Gasteiger charge is 2.08. The summed E-state index contributed by atoms with van der Waals surface area (Å²) in [6.07, 6.45) is 11.3. The minimum Gasteiger partial charge on any atom is -0.0985 e. The van der Waals surface area contributed by atoms with Gasteiger partial charge in [0.25, 0.3) is 0 Å². The molecule has 18 heavy (non-hydrogen) atoms. The summed E-state index contributed by atoms with van der Waals surface area (Å²) < 4.78 is 0. The Hall–Kier alpha value is -1.04. The number of hydrogen-bond donors (Lipinski definition) is 0. The topological polar surface area (TPSA) is 0 Å². The largest absolute Gasteiger partial charge is 0.0985 e. The fourth-order valence-corrected chi connectivity index (χ4v) is 2.46. The lowest BCUT2D eigenvalue weighted by atomic mass is 9.89. The van der Waals surface area contributed by atoms with Crippen LogP contribution >= 0.6 is 0 Å². The van der Waals surface area contributed by atoms with Crippen molar-refractivity contribution in [3.63, 3.8) is 0 Å². The third kappa shape index (κ3) is 5.53. The number of rotatable bonds is 9. The molecular weight excluding hydrogens is 216 g/mol. The van der Waals surface area contributed by atoms with Crippen LogP contribution in [-0.4, -0.2) is 0 Å². The molecule has 0 amide bonds. The van der Waals surface area contributed by atoms with Crippen LogP contribution in [0.3, 0.4) is 0 Å². The molecule has 1 aromatic carbocycles. The Balaban J connectivity index is 2.53. The summed E-state index contributed by atoms with van der Waals surface area (Å²) in [6, 6.07) is 8.89. The Morgan fingerprint density at radius 1 is 1.00 bits per heavy atom. The zero-order valence-corrected chi connectivity index (χ0v) is 12.1. The van der Waals surface area contributed by atoms with Crippen LogP contribution in [0.2, 0.25) is 0 Å². The average molecular weight is 244 g/mol. The quantitative estimate of drug-likeness (QED) is 0.509. The molecule has 0 aliphatic rings. The second kappa shape index (κ2) is 8.97. The summed E-state index contributed by atoms with van der Waals surface area (Å²) in [5, 5.41) is 0. The minimum absolute atomic E-state index is 0.875. The van der Waals surface area contributed by atoms with Crippen molar-refractivity contribution in [1.29, 1.82) is 0 Å². The van der Waals surface area contributed by atoms with E-state index in [1.807, 2.05) is 6.08 Å². The molecule has 0 atom stereocenters. The molecule has 0 radical (unpaired) electrons. The van der Waals surface area contributed by atoms with Gasteiger partial charge in [-0.25, -0.2) is 0 Å². The van der Waals surface area contributed by atoms with Crippen LogP contribution in [0.25, 0.3) is 6.08 Å². The van der Waals surface area contributed by atoms with Gasteiger partial charge in [0.2, 0.25) is 0 Å². The van der Waals surface area contributed by atoms with E-state index < -0.39 is 0 Å². The molecule has 100 valence electrons. The molecule has 0 N–H and O–H groups in total. The van der Waals surface area contributed by atoms with Gasteiger partial charge in [0, 0.05) is 0 Å². The molecule has 1 rings (SSSR count). The van der Waals surface area contributed by atoms with E-state index in [-0.39, 0.29) is 0 Å². The first-order valence-corrected chi connectivity index (χ1v) is 7.51. The summed E-state index contributed by atoms with van der Waals surface area (Å²) in [7, 11) is 0. The number of unbranched alkanes of at least 4 members (excludes halogenated alkanes) is 2. The van der Waals surface area contributed by atoms with Crippen LogP contribution in [0.5, 0.6) is 0 Å². The van der Waals surface area contributed by atoms with Gasteiger partial charge in [-0.1, -0.05) is 89.3 Å². The van der Waals surface area contributed by atoms with Gasteiger partial charge in [-0.05, 0) is 23.5 Å². The lowest BCUT2D eigenvalue weighted by Gasteiger charge is -2.16. The fraction of sp³-hybridized carbons (Fsp3) is 0.556. The van der Waals surface area contributed by atoms with Crippen molar-refractivity contribution < 1.29 is 0 Å². The predicted octanol–water partition coefficient (Wildman–Crippen LogP) is 5.87. The van der Waals surface area contributed by atoms with Gasteiger partial charge in [-0.2, -0.15) is 0 Å². The second-order valence-electron chi connectivity index (χ2n) is 5.30. The Morgan fingerprint density at radius 3 is 2.00 bits per heavy atom. The van der Waals surface area contributed by atoms with Gasteiger partial charge in [-0.15, -0.1) is 0 Å². The molecule has 0 bridgehead atoms. The van der Waals surface area contributed by atoms with Crippen molar-refractivity contribution in [1.82, 2.24) is 0 Å². The number of benzene rings is 1. The monoisotopic (exact) mass is 244 g/mol. The predicted molar refractivity (Wildman–Crippen MR) is 82.8 cm³/mol. The van der Waals surface area contributed by atoms with Gasteiger partial charge >= 0.3 is 0 Å². The fourth-order valence-electron chi connectivity index (χ4n) is 2.46. The van der Waals surface area contributed by atoms with E-state index in [0.717, 1.165) is 5.92 Å². The van der Waals surface area contributed by atoms with E-state index in [9.17, 15) is 0 Å². The lowest BCUT2D eigenvalue weighted by Crippen LogP contribution is -2.05. The van der Waals surface area contributed by atoms with Crippen LogP contribution in [0.4, 0.5) is 0 Å². The maximum absolute atomic E-state index is 3.80. The zero-order chi connectivity index (χ0) is 13.2. The van der Waals surface area contributed by atoms with Crippen LogP contribution in [0, 0.1) is 5.92 Å². The molecule has 0 aliphatic heterocycles. The molecule has 0 heteroatoms. The summed E-state index contributed by atoms with van der Waals surface area (Å²) >= 11 is 0. The van der Waals surface area contributed by atoms with E-state index in [0.29, 0.717) is 0 Å². The summed E-state index contributed by atoms with van der Waals surface area (Å²) in [5.41, 5.74) is 2.70. The molecule has 0 heterocycles. The third-order valence-corrected chi connectivity index (χ3v) is 3.67. The van der Waals surface area contributed by atoms with Crippen molar-refractivity contribution in [2.75, 3.05) is 0 Å². The van der Waals surface area contributed by atoms with E-state index in [2.05, 4.69) is 44.7 Å². The Morgan fingerprint density at radius 2 is 1.56 bits per heavy atom. The molecule has 0 aromatic heterocycles. The molecule has 0 saturated carbocycles. The summed E-state index contributed by atoms with van der Waals surface area (Å²) in [4.78, 5) is 0. The standard InChI is InChI=1S/C18H28/c1-4-7-9-17(10-8-5-2)15-18-13-11-16(6-3)12-14-18/h6,11-14,17H,3-5,7-10,15H2,1-2H3. The summed E-state index contributed by atoms with van der Waals surface area (Å²) in [5.74, 6) is 0.875. The molecule has 0 aliphatic carbocycles. The van der Waals surface area contributed by atoms with Crippen LogP contribution in [-0.2, 0) is 6.42 Å². The van der Waals surface area contributed by atoms with E-state index in [4.69, 9.17) is 0 Å². The van der Waals surface area contributed by atoms with Crippen LogP contribution in [0.1, 0.15) is 63.5 Å². The maximum atomic E-state index is 3.80. The molecule has 0 unspecified atom stereocenters. The molecule has 0 fully saturated rings. The van der Waals surface area contributed by atoms with Crippen LogP contribution in [0.15, 0.2) is 30.8 Å². The molecule has 1 aromatic rings. The van der Waals surface area contributed by atoms with E-state index >= 15 is 0 Å². The first-order chi connectivity index (χ1) is 8.80. The first-order valence-electron chi connectivity index (χ1n) is 7.51. The third-order valence-electron chi connectivity index (χ3n) is 3.67. The van der Waals surface area contributed by atoms with E-state index in [1.54, 1.807) is 0 Å². The lowest BCUT2D eigenvalue weighted by molar-refractivity contribution is 0.417. The molecule has 0 saturated heterocycles. The second-order valence-corrected chi connectivity index (χ2v) is 5.30. The summed E-state index contributed by atoms with van der Waals surface area (Å²) in [6.45, 7) is 8.38. The highest BCUT2D eigenvalue weighted by Crippen LogP contribution is 2.21. The SMILES string of the molecule is C=Cc1ccc(CC(CCCC)CCCC)cc1. The minimum atomic E-state index is 0.875. The zero-order valence-electron chi connectivity index (χ0n) is 12.1. The van der Waals surface area contributed by atoms with Crippen molar-refractivity contribution in [3.8, 4) is 0 Å². The van der Waals surface area contributed by atoms with Gasteiger partial charge in [0.1, 0.15) is 0 Å². The van der Waals surface area contributed by atoms with E-state index in [1.165, 1.54) is 56.1 Å². The highest BCUT2D eigenvalue weighted by atomic mass is 14.1. The molecule has 0 spiro atoms. The highest BCUT2D eigenvalue weighted by molar-refractivity contribution is 5.47. The van der Waals surface area contributed by atoms with Crippen LogP contribution < -0.4 is 0 Å². The first kappa shape index (κ1) is 15.0. The van der Waals surface area contributed by atoms with Gasteiger partial charge in [-0.3, -0.25) is 0 Å². The normalized spacial score (nSPS) is 10.8. The Labute approximate surface area is 113 Å². The van der Waals surface area contributed by atoms with Gasteiger partial charge in [0.15, 0.2) is 0 Å². The van der Waals surface area contributed by atoms with Crippen molar-refractivity contribution >= 4 is 6.08 Å².